The summed E-state index contributed by atoms with van der Waals surface area (Å²) in [5.41, 5.74) is 0. The van der Waals surface area contributed by atoms with Crippen LogP contribution in [-0.2, 0) is 65.4 Å². The van der Waals surface area contributed by atoms with Gasteiger partial charge >= 0.3 is 39.5 Å². The molecule has 0 fully saturated rings. The molecule has 0 saturated heterocycles. The minimum absolute atomic E-state index is 0.104. The maximum absolute atomic E-state index is 13.0. The molecular weight excluding hydrogens is 1130 g/mol. The summed E-state index contributed by atoms with van der Waals surface area (Å²) in [5.74, 6) is -0.548. The molecule has 0 rings (SSSR count). The van der Waals surface area contributed by atoms with E-state index in [0.29, 0.717) is 25.7 Å². The third kappa shape index (κ3) is 59.5. The van der Waals surface area contributed by atoms with E-state index in [2.05, 4.69) is 41.5 Å². The molecular formula is C66H128O17P2. The van der Waals surface area contributed by atoms with E-state index < -0.39 is 97.5 Å². The molecule has 0 aliphatic heterocycles. The zero-order valence-corrected chi connectivity index (χ0v) is 56.7. The van der Waals surface area contributed by atoms with Crippen LogP contribution in [0, 0.1) is 11.8 Å². The lowest BCUT2D eigenvalue weighted by Gasteiger charge is -2.21. The molecule has 3 N–H and O–H groups in total. The lowest BCUT2D eigenvalue weighted by Crippen LogP contribution is -2.30. The molecule has 0 aliphatic carbocycles. The summed E-state index contributed by atoms with van der Waals surface area (Å²) in [6.07, 6.45) is 41.8. The third-order valence-electron chi connectivity index (χ3n) is 15.6. The molecule has 0 aromatic carbocycles. The first-order valence-electron chi connectivity index (χ1n) is 34.5. The van der Waals surface area contributed by atoms with Crippen LogP contribution in [0.25, 0.3) is 0 Å². The monoisotopic (exact) mass is 1250 g/mol. The van der Waals surface area contributed by atoms with Crippen LogP contribution in [-0.4, -0.2) is 96.7 Å². The van der Waals surface area contributed by atoms with E-state index >= 15 is 0 Å². The van der Waals surface area contributed by atoms with E-state index in [4.69, 9.17) is 37.0 Å². The molecule has 0 bridgehead atoms. The minimum Gasteiger partial charge on any atom is -0.462 e. The van der Waals surface area contributed by atoms with Crippen molar-refractivity contribution in [2.24, 2.45) is 11.8 Å². The Hall–Kier alpha value is -1.94. The lowest BCUT2D eigenvalue weighted by molar-refractivity contribution is -0.161. The Morgan fingerprint density at radius 1 is 0.341 bits per heavy atom. The number of aliphatic hydroxyl groups excluding tert-OH is 1. The molecule has 17 nitrogen and oxygen atoms in total. The van der Waals surface area contributed by atoms with Gasteiger partial charge in [0.05, 0.1) is 26.4 Å². The van der Waals surface area contributed by atoms with E-state index in [1.54, 1.807) is 0 Å². The van der Waals surface area contributed by atoms with Gasteiger partial charge in [-0.25, -0.2) is 9.13 Å². The van der Waals surface area contributed by atoms with E-state index in [0.717, 1.165) is 121 Å². The molecule has 0 spiro atoms. The van der Waals surface area contributed by atoms with Crippen LogP contribution < -0.4 is 0 Å². The predicted octanol–water partition coefficient (Wildman–Crippen LogP) is 18.4. The number of phosphoric acid groups is 2. The molecule has 0 aromatic rings. The smallest absolute Gasteiger partial charge is 0.462 e. The van der Waals surface area contributed by atoms with Gasteiger partial charge in [-0.1, -0.05) is 279 Å². The number of hydrogen-bond acceptors (Lipinski definition) is 15. The van der Waals surface area contributed by atoms with Crippen LogP contribution in [0.3, 0.4) is 0 Å². The molecule has 0 saturated carbocycles. The van der Waals surface area contributed by atoms with Crippen LogP contribution in [0.2, 0.25) is 0 Å². The van der Waals surface area contributed by atoms with Gasteiger partial charge in [0.1, 0.15) is 19.3 Å². The van der Waals surface area contributed by atoms with Gasteiger partial charge in [-0.15, -0.1) is 0 Å². The molecule has 6 atom stereocenters. The Morgan fingerprint density at radius 3 is 0.894 bits per heavy atom. The normalized spacial score (nSPS) is 14.6. The second-order valence-corrected chi connectivity index (χ2v) is 27.5. The number of carbonyl (C=O) groups is 4. The number of ether oxygens (including phenoxy) is 4. The standard InChI is InChI=1S/C66H128O17P2/c1-7-10-12-14-16-31-38-44-50-65(70)82-61(54-76-63(68)48-42-36-28-15-13-11-8-2)56-80-84(72,73)78-52-60(67)53-79-85(74,75)81-57-62(55-77-64(69)49-43-37-32-27-23-24-29-34-40-46-58(4)5)83-66(71)51-45-39-33-26-22-20-18-17-19-21-25-30-35-41-47-59(6)9-3/h58-62,67H,7-57H2,1-6H3,(H,72,73)(H,74,75)/t59?,60-,61+,62+/m0/s1. The first kappa shape index (κ1) is 83.1. The Kier molecular flexibility index (Phi) is 57.1. The van der Waals surface area contributed by atoms with Gasteiger partial charge < -0.3 is 33.8 Å². The van der Waals surface area contributed by atoms with Crippen LogP contribution in [0.1, 0.15) is 330 Å². The average Bonchev–Trinajstić information content (AvgIpc) is 3.50. The first-order valence-corrected chi connectivity index (χ1v) is 37.5. The fourth-order valence-corrected chi connectivity index (χ4v) is 11.4. The van der Waals surface area contributed by atoms with Crippen LogP contribution in [0.5, 0.6) is 0 Å². The fraction of sp³-hybridized carbons (Fsp3) is 0.939. The molecule has 0 aliphatic rings. The third-order valence-corrected chi connectivity index (χ3v) is 17.5. The summed E-state index contributed by atoms with van der Waals surface area (Å²) < 4.78 is 67.9. The van der Waals surface area contributed by atoms with Gasteiger partial charge in [-0.2, -0.15) is 0 Å². The average molecular weight is 1260 g/mol. The van der Waals surface area contributed by atoms with Gasteiger partial charge in [0.25, 0.3) is 0 Å². The van der Waals surface area contributed by atoms with Crippen molar-refractivity contribution in [3.05, 3.63) is 0 Å². The van der Waals surface area contributed by atoms with E-state index in [-0.39, 0.29) is 25.7 Å². The number of carbonyl (C=O) groups excluding carboxylic acids is 4. The van der Waals surface area contributed by atoms with Crippen molar-refractivity contribution in [1.82, 2.24) is 0 Å². The van der Waals surface area contributed by atoms with Gasteiger partial charge in [0.15, 0.2) is 12.2 Å². The highest BCUT2D eigenvalue weighted by Crippen LogP contribution is 2.45. The van der Waals surface area contributed by atoms with E-state index in [9.17, 15) is 43.2 Å². The van der Waals surface area contributed by atoms with Crippen LogP contribution in [0.4, 0.5) is 0 Å². The van der Waals surface area contributed by atoms with Crippen molar-refractivity contribution >= 4 is 39.5 Å². The van der Waals surface area contributed by atoms with Crippen molar-refractivity contribution in [1.29, 1.82) is 0 Å². The van der Waals surface area contributed by atoms with Crippen molar-refractivity contribution in [3.8, 4) is 0 Å². The summed E-state index contributed by atoms with van der Waals surface area (Å²) in [6.45, 7) is 9.48. The number of hydrogen-bond donors (Lipinski definition) is 3. The quantitative estimate of drug-likeness (QED) is 0.0222. The number of unbranched alkanes of at least 4 members (excludes halogenated alkanes) is 34. The maximum atomic E-state index is 13.0. The summed E-state index contributed by atoms with van der Waals surface area (Å²) in [5, 5.41) is 10.5. The van der Waals surface area contributed by atoms with E-state index in [1.165, 1.54) is 128 Å². The highest BCUT2D eigenvalue weighted by Gasteiger charge is 2.30. The number of rotatable bonds is 65. The van der Waals surface area contributed by atoms with E-state index in [1.807, 2.05) is 0 Å². The molecule has 504 valence electrons. The molecule has 85 heavy (non-hydrogen) atoms. The van der Waals surface area contributed by atoms with Crippen molar-refractivity contribution in [2.45, 2.75) is 349 Å². The number of phosphoric ester groups is 2. The largest absolute Gasteiger partial charge is 0.472 e. The topological polar surface area (TPSA) is 237 Å². The summed E-state index contributed by atoms with van der Waals surface area (Å²) >= 11 is 0. The fourth-order valence-electron chi connectivity index (χ4n) is 9.85. The molecule has 19 heteroatoms. The summed E-state index contributed by atoms with van der Waals surface area (Å²) in [4.78, 5) is 72.1. The molecule has 3 unspecified atom stereocenters. The molecule has 0 aromatic heterocycles. The second kappa shape index (κ2) is 58.4. The van der Waals surface area contributed by atoms with Crippen molar-refractivity contribution < 1.29 is 80.2 Å². The molecule has 0 heterocycles. The summed E-state index contributed by atoms with van der Waals surface area (Å²) in [6, 6.07) is 0. The zero-order valence-electron chi connectivity index (χ0n) is 54.9. The summed E-state index contributed by atoms with van der Waals surface area (Å²) in [7, 11) is -9.88. The SMILES string of the molecule is CCCCCCCCCCC(=O)O[C@H](COC(=O)CCCCCCCCC)COP(=O)(O)OC[C@H](O)COP(=O)(O)OC[C@@H](COC(=O)CCCCCCCCCCCC(C)C)OC(=O)CCCCCCCCCCCCCCCCC(C)CC. The Labute approximate surface area is 517 Å². The predicted molar refractivity (Wildman–Crippen MR) is 340 cm³/mol. The van der Waals surface area contributed by atoms with Crippen molar-refractivity contribution in [2.75, 3.05) is 39.6 Å². The Bertz CT molecular complexity index is 1670. The van der Waals surface area contributed by atoms with Gasteiger partial charge in [0.2, 0.25) is 0 Å². The number of aliphatic hydroxyl groups is 1. The van der Waals surface area contributed by atoms with Gasteiger partial charge in [-0.05, 0) is 37.5 Å². The molecule has 0 amide bonds. The minimum atomic E-state index is -4.95. The van der Waals surface area contributed by atoms with Crippen LogP contribution in [0.15, 0.2) is 0 Å². The lowest BCUT2D eigenvalue weighted by atomic mass is 9.99. The van der Waals surface area contributed by atoms with Gasteiger partial charge in [-0.3, -0.25) is 37.3 Å². The highest BCUT2D eigenvalue weighted by molar-refractivity contribution is 7.47. The highest BCUT2D eigenvalue weighted by atomic mass is 31.2. The molecule has 0 radical (unpaired) electrons. The maximum Gasteiger partial charge on any atom is 0.472 e. The Morgan fingerprint density at radius 2 is 0.600 bits per heavy atom. The zero-order chi connectivity index (χ0) is 62.9. The Balaban J connectivity index is 5.17. The number of esters is 4. The van der Waals surface area contributed by atoms with Crippen molar-refractivity contribution in [3.63, 3.8) is 0 Å². The van der Waals surface area contributed by atoms with Crippen LogP contribution >= 0.6 is 15.6 Å². The van der Waals surface area contributed by atoms with Gasteiger partial charge in [0, 0.05) is 25.7 Å². The second-order valence-electron chi connectivity index (χ2n) is 24.6. The first-order chi connectivity index (χ1) is 40.9.